The van der Waals surface area contributed by atoms with E-state index in [0.29, 0.717) is 7.35 Å². The van der Waals surface area contributed by atoms with E-state index >= 15 is 0 Å². The molecule has 0 saturated carbocycles. The summed E-state index contributed by atoms with van der Waals surface area (Å²) in [5.74, 6) is 0. The smallest absolute Gasteiger partial charge is 1.00 e. The second-order valence-corrected chi connectivity index (χ2v) is 27.6. The predicted octanol–water partition coefficient (Wildman–Crippen LogP) is 3.49. The first kappa shape index (κ1) is 26.4. The van der Waals surface area contributed by atoms with Gasteiger partial charge in [-0.25, -0.2) is 0 Å². The van der Waals surface area contributed by atoms with Gasteiger partial charge in [-0.05, 0) is 0 Å². The third kappa shape index (κ3) is 4.15. The zero-order chi connectivity index (χ0) is 23.6. The van der Waals surface area contributed by atoms with Crippen molar-refractivity contribution < 1.29 is 44.8 Å². The Morgan fingerprint density at radius 3 is 1.32 bits per heavy atom. The molecule has 4 aromatic rings. The summed E-state index contributed by atoms with van der Waals surface area (Å²) in [5, 5.41) is 0. The van der Waals surface area contributed by atoms with Gasteiger partial charge in [0.05, 0.1) is 0 Å². The number of aryl methyl sites for hydroxylation is 2. The molecule has 0 spiro atoms. The number of halogens is 2. The predicted molar refractivity (Wildman–Crippen MR) is 146 cm³/mol. The molecule has 7 rings (SSSR count). The van der Waals surface area contributed by atoms with Crippen molar-refractivity contribution in [2.24, 2.45) is 0 Å². The van der Waals surface area contributed by atoms with Gasteiger partial charge in [0, 0.05) is 0 Å². The summed E-state index contributed by atoms with van der Waals surface area (Å²) in [4.78, 5) is 0. The Morgan fingerprint density at radius 2 is 0.946 bits per heavy atom. The zero-order valence-electron chi connectivity index (χ0n) is 21.2. The Hall–Kier alpha value is -2.19. The Bertz CT molecular complexity index is 1400. The molecule has 0 N–H and O–H groups in total. The standard InChI is InChI=1S/2C16H13.C2H4.2ClH.Hf/c2*1-12-10-11-15(13-6-3-2-4-7-13)16-9-5-8-14(12)16;1-2;;;/h2*2-11H,1H3;1-2H2;2*1H;/q;;;;;+2/p-2. The topological polar surface area (TPSA) is 0 Å². The molecule has 4 aromatic carbocycles. The normalized spacial score (nSPS) is 18.6. The fourth-order valence-electron chi connectivity index (χ4n) is 6.91. The Balaban J connectivity index is 0.00000140. The quantitative estimate of drug-likeness (QED) is 0.289. The van der Waals surface area contributed by atoms with Crippen molar-refractivity contribution >= 4 is 12.2 Å². The maximum absolute atomic E-state index is 2.69. The van der Waals surface area contributed by atoms with Crippen LogP contribution < -0.4 is 24.8 Å². The molecule has 1 saturated heterocycles. The molecular weight excluding hydrogens is 658 g/mol. The van der Waals surface area contributed by atoms with Crippen LogP contribution in [-0.2, 0) is 20.0 Å². The van der Waals surface area contributed by atoms with Crippen LogP contribution in [0.4, 0.5) is 0 Å². The van der Waals surface area contributed by atoms with E-state index < -0.39 is 20.0 Å². The Kier molecular flexibility index (Phi) is 7.26. The SMILES string of the molecule is Cc1ccc(-c2ccccc2)c2c1[CH]([Hf+2]1([CH]3C=Cc4c(-c5ccccc5)ccc(C)c43)[CH2][CH2]1)C=C2.[Cl-].[Cl-]. The molecule has 0 bridgehead atoms. The number of hydrogen-bond donors (Lipinski definition) is 0. The van der Waals surface area contributed by atoms with Gasteiger partial charge in [0.15, 0.2) is 0 Å². The number of fused-ring (bicyclic) bond motifs is 2. The molecule has 0 nitrogen and oxygen atoms in total. The van der Waals surface area contributed by atoms with Crippen LogP contribution in [0.5, 0.6) is 0 Å². The summed E-state index contributed by atoms with van der Waals surface area (Å²) >= 11 is -2.69. The van der Waals surface area contributed by atoms with Gasteiger partial charge in [0.1, 0.15) is 0 Å². The van der Waals surface area contributed by atoms with E-state index in [0.717, 1.165) is 0 Å². The zero-order valence-corrected chi connectivity index (χ0v) is 26.3. The first-order valence-corrected chi connectivity index (χ1v) is 22.1. The van der Waals surface area contributed by atoms with E-state index in [1.165, 1.54) is 52.9 Å². The monoisotopic (exact) mass is 688 g/mol. The summed E-state index contributed by atoms with van der Waals surface area (Å²) in [6, 6.07) is 31.3. The molecule has 184 valence electrons. The molecule has 1 heterocycles. The number of hydrogen-bond acceptors (Lipinski definition) is 0. The van der Waals surface area contributed by atoms with Crippen molar-refractivity contribution in [2.45, 2.75) is 29.6 Å². The second kappa shape index (κ2) is 10.2. The van der Waals surface area contributed by atoms with E-state index in [2.05, 4.69) is 123 Å². The molecule has 37 heavy (non-hydrogen) atoms. The summed E-state index contributed by atoms with van der Waals surface area (Å²) in [6.45, 7) is 4.68. The fourth-order valence-corrected chi connectivity index (χ4v) is 32.6. The number of benzene rings is 4. The molecule has 1 aliphatic heterocycles. The fraction of sp³-hybridized carbons (Fsp3) is 0.176. The summed E-state index contributed by atoms with van der Waals surface area (Å²) < 4.78 is 4.42. The largest absolute Gasteiger partial charge is 1.00 e. The Morgan fingerprint density at radius 1 is 0.541 bits per heavy atom. The first-order chi connectivity index (χ1) is 17.2. The van der Waals surface area contributed by atoms with Gasteiger partial charge in [-0.15, -0.1) is 0 Å². The third-order valence-electron chi connectivity index (χ3n) is 8.78. The van der Waals surface area contributed by atoms with Crippen LogP contribution in [0.2, 0.25) is 8.35 Å². The van der Waals surface area contributed by atoms with Crippen LogP contribution in [-0.4, -0.2) is 0 Å². The summed E-state index contributed by atoms with van der Waals surface area (Å²) in [6.07, 6.45) is 10.2. The molecule has 1 fully saturated rings. The van der Waals surface area contributed by atoms with E-state index in [-0.39, 0.29) is 24.8 Å². The van der Waals surface area contributed by atoms with Crippen LogP contribution in [0.15, 0.2) is 97.1 Å². The van der Waals surface area contributed by atoms with Gasteiger partial charge in [0.2, 0.25) is 0 Å². The van der Waals surface area contributed by atoms with Gasteiger partial charge >= 0.3 is 214 Å². The van der Waals surface area contributed by atoms with Crippen molar-refractivity contribution in [1.29, 1.82) is 0 Å². The van der Waals surface area contributed by atoms with Crippen molar-refractivity contribution in [1.82, 2.24) is 0 Å². The van der Waals surface area contributed by atoms with Gasteiger partial charge in [-0.2, -0.15) is 0 Å². The van der Waals surface area contributed by atoms with Crippen molar-refractivity contribution in [3.63, 3.8) is 0 Å². The maximum Gasteiger partial charge on any atom is -1.00 e. The van der Waals surface area contributed by atoms with Crippen LogP contribution in [0.1, 0.15) is 40.7 Å². The van der Waals surface area contributed by atoms with E-state index in [1.807, 2.05) is 0 Å². The van der Waals surface area contributed by atoms with Crippen LogP contribution >= 0.6 is 0 Å². The van der Waals surface area contributed by atoms with E-state index in [1.54, 1.807) is 11.1 Å². The minimum atomic E-state index is -2.69. The molecule has 2 atom stereocenters. The molecular formula is C34H30Cl2Hf. The average molecular weight is 688 g/mol. The molecule has 2 aliphatic carbocycles. The molecule has 3 aliphatic rings. The maximum atomic E-state index is 2.63. The van der Waals surface area contributed by atoms with Gasteiger partial charge < -0.3 is 24.8 Å². The number of allylic oxidation sites excluding steroid dienone is 2. The summed E-state index contributed by atoms with van der Waals surface area (Å²) in [5.41, 5.74) is 14.7. The minimum absolute atomic E-state index is 0. The van der Waals surface area contributed by atoms with Crippen LogP contribution in [0.3, 0.4) is 0 Å². The first-order valence-electron chi connectivity index (χ1n) is 12.9. The second-order valence-electron chi connectivity index (χ2n) is 10.7. The molecule has 0 aromatic heterocycles. The molecule has 0 amide bonds. The van der Waals surface area contributed by atoms with Gasteiger partial charge in [0.25, 0.3) is 0 Å². The van der Waals surface area contributed by atoms with E-state index in [4.69, 9.17) is 0 Å². The van der Waals surface area contributed by atoms with Crippen molar-refractivity contribution in [3.8, 4) is 22.3 Å². The van der Waals surface area contributed by atoms with Crippen LogP contribution in [0, 0.1) is 13.8 Å². The molecule has 0 radical (unpaired) electrons. The summed E-state index contributed by atoms with van der Waals surface area (Å²) in [7, 11) is 0. The minimum Gasteiger partial charge on any atom is -1.00 e. The van der Waals surface area contributed by atoms with Crippen LogP contribution in [0.25, 0.3) is 34.4 Å². The van der Waals surface area contributed by atoms with E-state index in [9.17, 15) is 0 Å². The molecule has 2 unspecified atom stereocenters. The average Bonchev–Trinajstić information content (AvgIpc) is 3.34. The Labute approximate surface area is 237 Å². The molecule has 3 heteroatoms. The van der Waals surface area contributed by atoms with Crippen molar-refractivity contribution in [2.75, 3.05) is 0 Å². The van der Waals surface area contributed by atoms with Gasteiger partial charge in [-0.3, -0.25) is 0 Å². The third-order valence-corrected chi connectivity index (χ3v) is 27.1. The number of rotatable bonds is 4. The van der Waals surface area contributed by atoms with Crippen molar-refractivity contribution in [3.05, 3.63) is 130 Å². The van der Waals surface area contributed by atoms with Gasteiger partial charge in [-0.1, -0.05) is 0 Å².